The molecule has 1 aromatic carbocycles. The van der Waals surface area contributed by atoms with Gasteiger partial charge >= 0.3 is 0 Å². The van der Waals surface area contributed by atoms with Crippen molar-refractivity contribution in [2.45, 2.75) is 38.8 Å². The van der Waals surface area contributed by atoms with E-state index >= 15 is 0 Å². The second-order valence-electron chi connectivity index (χ2n) is 8.07. The Labute approximate surface area is 197 Å². The topological polar surface area (TPSA) is 110 Å². The van der Waals surface area contributed by atoms with E-state index in [1.807, 2.05) is 51.2 Å². The minimum atomic E-state index is -0.902. The predicted molar refractivity (Wildman–Crippen MR) is 130 cm³/mol. The summed E-state index contributed by atoms with van der Waals surface area (Å²) in [6.07, 6.45) is 5.96. The Hall–Kier alpha value is -4.09. The minimum Gasteiger partial charge on any atom is -0.354 e. The lowest BCUT2D eigenvalue weighted by atomic mass is 9.94. The molecule has 4 rings (SSSR count). The number of nitriles is 1. The lowest BCUT2D eigenvalue weighted by molar-refractivity contribution is 0.345. The fraction of sp³-hybridized carbons (Fsp3) is 0.269. The van der Waals surface area contributed by atoms with E-state index in [2.05, 4.69) is 26.5 Å². The molecule has 0 amide bonds. The van der Waals surface area contributed by atoms with Gasteiger partial charge in [-0.25, -0.2) is 4.98 Å². The summed E-state index contributed by atoms with van der Waals surface area (Å²) in [5.41, 5.74) is 3.49. The van der Waals surface area contributed by atoms with Gasteiger partial charge in [0, 0.05) is 36.0 Å². The fourth-order valence-electron chi connectivity index (χ4n) is 3.93. The zero-order chi connectivity index (χ0) is 24.1. The molecule has 0 radical (unpaired) electrons. The van der Waals surface area contributed by atoms with E-state index in [9.17, 15) is 10.1 Å². The number of aromatic nitrogens is 4. The van der Waals surface area contributed by atoms with Gasteiger partial charge in [0.25, 0.3) is 5.56 Å². The van der Waals surface area contributed by atoms with Crippen LogP contribution in [0, 0.1) is 11.3 Å². The molecule has 0 unspecified atom stereocenters. The number of nitrogens with one attached hydrogen (secondary N) is 1. The van der Waals surface area contributed by atoms with Gasteiger partial charge < -0.3 is 9.84 Å². The summed E-state index contributed by atoms with van der Waals surface area (Å²) in [5.74, 6) is 0.491. The van der Waals surface area contributed by atoms with Crippen molar-refractivity contribution in [1.29, 1.82) is 5.26 Å². The van der Waals surface area contributed by atoms with E-state index < -0.39 is 5.54 Å². The molecule has 0 atom stereocenters. The normalized spacial score (nSPS) is 11.4. The van der Waals surface area contributed by atoms with E-state index in [-0.39, 0.29) is 5.56 Å². The van der Waals surface area contributed by atoms with E-state index in [4.69, 9.17) is 4.52 Å². The highest BCUT2D eigenvalue weighted by Gasteiger charge is 2.29. The SMILES string of the molecule is CCC(C#N)(CC)n1cc(-c2cncc(-c3cc(-c4ccc(CNC)cc4)no3)n2)ccc1=O. The molecule has 3 heterocycles. The summed E-state index contributed by atoms with van der Waals surface area (Å²) in [7, 11) is 1.91. The van der Waals surface area contributed by atoms with Crippen LogP contribution in [0.4, 0.5) is 0 Å². The molecule has 172 valence electrons. The lowest BCUT2D eigenvalue weighted by Crippen LogP contribution is -2.38. The fourth-order valence-corrected chi connectivity index (χ4v) is 3.93. The van der Waals surface area contributed by atoms with Gasteiger partial charge in [0.05, 0.1) is 24.2 Å². The van der Waals surface area contributed by atoms with E-state index in [0.717, 1.165) is 12.1 Å². The Morgan fingerprint density at radius 2 is 1.74 bits per heavy atom. The third kappa shape index (κ3) is 4.38. The summed E-state index contributed by atoms with van der Waals surface area (Å²) in [6.45, 7) is 4.61. The Kier molecular flexibility index (Phi) is 6.66. The van der Waals surface area contributed by atoms with Crippen LogP contribution in [0.15, 0.2) is 70.4 Å². The van der Waals surface area contributed by atoms with Crippen molar-refractivity contribution in [3.63, 3.8) is 0 Å². The first-order valence-electron chi connectivity index (χ1n) is 11.2. The monoisotopic (exact) mass is 454 g/mol. The van der Waals surface area contributed by atoms with Gasteiger partial charge in [-0.1, -0.05) is 43.3 Å². The van der Waals surface area contributed by atoms with Crippen LogP contribution in [0.3, 0.4) is 0 Å². The molecule has 3 aromatic heterocycles. The van der Waals surface area contributed by atoms with Gasteiger partial charge in [0.2, 0.25) is 0 Å². The maximum atomic E-state index is 12.6. The molecular formula is C26H26N6O2. The lowest BCUT2D eigenvalue weighted by Gasteiger charge is -2.26. The molecular weight excluding hydrogens is 428 g/mol. The van der Waals surface area contributed by atoms with Crippen molar-refractivity contribution < 1.29 is 4.52 Å². The molecule has 0 aliphatic heterocycles. The third-order valence-corrected chi connectivity index (χ3v) is 6.07. The number of hydrogen-bond acceptors (Lipinski definition) is 7. The molecule has 0 saturated carbocycles. The van der Waals surface area contributed by atoms with Gasteiger partial charge in [-0.2, -0.15) is 5.26 Å². The number of nitrogens with zero attached hydrogens (tertiary/aromatic N) is 5. The van der Waals surface area contributed by atoms with Gasteiger partial charge in [0.1, 0.15) is 16.9 Å². The summed E-state index contributed by atoms with van der Waals surface area (Å²) < 4.78 is 7.06. The zero-order valence-electron chi connectivity index (χ0n) is 19.4. The van der Waals surface area contributed by atoms with Crippen LogP contribution >= 0.6 is 0 Å². The Balaban J connectivity index is 1.67. The van der Waals surface area contributed by atoms with Crippen LogP contribution in [-0.2, 0) is 12.1 Å². The molecule has 1 N–H and O–H groups in total. The van der Waals surface area contributed by atoms with Crippen LogP contribution in [0.5, 0.6) is 0 Å². The summed E-state index contributed by atoms with van der Waals surface area (Å²) in [4.78, 5) is 21.6. The Bertz CT molecular complexity index is 1380. The standard InChI is InChI=1S/C26H26N6O2/c1-4-26(5-2,17-27)32-16-20(10-11-25(32)33)22-14-29-15-23(30-22)24-12-21(31-34-24)19-8-6-18(7-9-19)13-28-3/h6-12,14-16,28H,4-5,13H2,1-3H3. The second kappa shape index (κ2) is 9.81. The molecule has 0 spiro atoms. The second-order valence-corrected chi connectivity index (χ2v) is 8.07. The van der Waals surface area contributed by atoms with Crippen molar-refractivity contribution >= 4 is 0 Å². The molecule has 8 heteroatoms. The van der Waals surface area contributed by atoms with Crippen molar-refractivity contribution in [3.05, 3.63) is 77.0 Å². The van der Waals surface area contributed by atoms with Gasteiger partial charge in [-0.05, 0) is 31.5 Å². The number of pyridine rings is 1. The van der Waals surface area contributed by atoms with Gasteiger partial charge in [0.15, 0.2) is 5.76 Å². The maximum absolute atomic E-state index is 12.6. The van der Waals surface area contributed by atoms with Gasteiger partial charge in [-0.3, -0.25) is 14.3 Å². The molecule has 0 bridgehead atoms. The minimum absolute atomic E-state index is 0.223. The first-order chi connectivity index (χ1) is 16.5. The summed E-state index contributed by atoms with van der Waals surface area (Å²) in [6, 6.07) is 15.4. The Morgan fingerprint density at radius 3 is 2.41 bits per heavy atom. The summed E-state index contributed by atoms with van der Waals surface area (Å²) in [5, 5.41) is 17.1. The molecule has 4 aromatic rings. The van der Waals surface area contributed by atoms with Crippen LogP contribution in [0.2, 0.25) is 0 Å². The maximum Gasteiger partial charge on any atom is 0.251 e. The molecule has 0 aliphatic rings. The molecule has 8 nitrogen and oxygen atoms in total. The van der Waals surface area contributed by atoms with Crippen LogP contribution < -0.4 is 10.9 Å². The van der Waals surface area contributed by atoms with Crippen LogP contribution in [0.25, 0.3) is 34.0 Å². The smallest absolute Gasteiger partial charge is 0.251 e. The first kappa shape index (κ1) is 23.1. The van der Waals surface area contributed by atoms with Crippen molar-refractivity contribution in [2.75, 3.05) is 7.05 Å². The van der Waals surface area contributed by atoms with E-state index in [1.165, 1.54) is 16.2 Å². The molecule has 0 aliphatic carbocycles. The van der Waals surface area contributed by atoms with Crippen LogP contribution in [0.1, 0.15) is 32.3 Å². The Morgan fingerprint density at radius 1 is 1.03 bits per heavy atom. The number of hydrogen-bond donors (Lipinski definition) is 1. The highest BCUT2D eigenvalue weighted by Crippen LogP contribution is 2.28. The van der Waals surface area contributed by atoms with Crippen molar-refractivity contribution in [3.8, 4) is 40.0 Å². The summed E-state index contributed by atoms with van der Waals surface area (Å²) >= 11 is 0. The zero-order valence-corrected chi connectivity index (χ0v) is 19.4. The van der Waals surface area contributed by atoms with Crippen LogP contribution in [-0.4, -0.2) is 26.7 Å². The first-order valence-corrected chi connectivity index (χ1v) is 11.2. The van der Waals surface area contributed by atoms with E-state index in [0.29, 0.717) is 41.2 Å². The quantitative estimate of drug-likeness (QED) is 0.420. The van der Waals surface area contributed by atoms with E-state index in [1.54, 1.807) is 24.7 Å². The molecule has 0 saturated heterocycles. The van der Waals surface area contributed by atoms with Crippen molar-refractivity contribution in [2.24, 2.45) is 0 Å². The number of benzene rings is 1. The third-order valence-electron chi connectivity index (χ3n) is 6.07. The largest absolute Gasteiger partial charge is 0.354 e. The van der Waals surface area contributed by atoms with Crippen molar-refractivity contribution in [1.82, 2.24) is 25.0 Å². The average Bonchev–Trinajstić information content (AvgIpc) is 3.38. The predicted octanol–water partition coefficient (Wildman–Crippen LogP) is 4.39. The van der Waals surface area contributed by atoms with Gasteiger partial charge in [-0.15, -0.1) is 0 Å². The molecule has 0 fully saturated rings. The highest BCUT2D eigenvalue weighted by atomic mass is 16.5. The number of rotatable bonds is 8. The molecule has 34 heavy (non-hydrogen) atoms. The average molecular weight is 455 g/mol. The highest BCUT2D eigenvalue weighted by molar-refractivity contribution is 5.66.